The average molecular weight is 358 g/mol. The number of benzene rings is 1. The van der Waals surface area contributed by atoms with Crippen molar-refractivity contribution >= 4 is 34.8 Å². The summed E-state index contributed by atoms with van der Waals surface area (Å²) in [5, 5.41) is 2.82. The van der Waals surface area contributed by atoms with Gasteiger partial charge in [-0.15, -0.1) is 11.3 Å². The van der Waals surface area contributed by atoms with E-state index in [-0.39, 0.29) is 11.8 Å². The molecule has 25 heavy (non-hydrogen) atoms. The molecule has 1 saturated heterocycles. The van der Waals surface area contributed by atoms with E-state index in [9.17, 15) is 14.4 Å². The Kier molecular flexibility index (Phi) is 5.14. The Bertz CT molecular complexity index is 798. The Labute approximate surface area is 149 Å². The summed E-state index contributed by atoms with van der Waals surface area (Å²) in [5.74, 6) is -0.532. The molecule has 7 heteroatoms. The zero-order valence-electron chi connectivity index (χ0n) is 13.8. The van der Waals surface area contributed by atoms with E-state index in [2.05, 4.69) is 10.1 Å². The van der Waals surface area contributed by atoms with Gasteiger partial charge in [-0.25, -0.2) is 4.79 Å². The van der Waals surface area contributed by atoms with Crippen LogP contribution in [0.25, 0.3) is 0 Å². The average Bonchev–Trinajstić information content (AvgIpc) is 3.29. The molecule has 1 N–H and O–H groups in total. The predicted molar refractivity (Wildman–Crippen MR) is 94.9 cm³/mol. The van der Waals surface area contributed by atoms with E-state index < -0.39 is 5.97 Å². The molecule has 1 aliphatic rings. The van der Waals surface area contributed by atoms with Crippen molar-refractivity contribution in [1.29, 1.82) is 0 Å². The Balaban J connectivity index is 1.58. The number of nitrogens with zero attached hydrogens (tertiary/aromatic N) is 1. The number of rotatable bonds is 5. The van der Waals surface area contributed by atoms with E-state index in [1.165, 1.54) is 7.11 Å². The van der Waals surface area contributed by atoms with Crippen molar-refractivity contribution < 1.29 is 19.1 Å². The lowest BCUT2D eigenvalue weighted by Gasteiger charge is -2.16. The minimum absolute atomic E-state index is 0.153. The number of amides is 2. The largest absolute Gasteiger partial charge is 0.465 e. The topological polar surface area (TPSA) is 75.7 Å². The second-order valence-electron chi connectivity index (χ2n) is 5.65. The summed E-state index contributed by atoms with van der Waals surface area (Å²) >= 11 is 1.10. The highest BCUT2D eigenvalue weighted by Crippen LogP contribution is 2.22. The van der Waals surface area contributed by atoms with Gasteiger partial charge in [0.05, 0.1) is 12.0 Å². The van der Waals surface area contributed by atoms with Crippen LogP contribution in [0.5, 0.6) is 0 Å². The van der Waals surface area contributed by atoms with E-state index >= 15 is 0 Å². The number of carbonyl (C=O) groups excluding carboxylic acids is 3. The van der Waals surface area contributed by atoms with Gasteiger partial charge < -0.3 is 15.0 Å². The number of anilines is 1. The summed E-state index contributed by atoms with van der Waals surface area (Å²) in [4.78, 5) is 38.0. The standard InChI is InChI=1S/C18H18N2O4S/c1-24-18(23)15-9-8-14(25-15)17(22)19-11-12-4-6-13(7-5-12)20-10-2-3-16(20)21/h4-9H,2-3,10-11H2,1H3,(H,19,22). The first-order valence-electron chi connectivity index (χ1n) is 7.94. The Morgan fingerprint density at radius 1 is 1.16 bits per heavy atom. The number of methoxy groups -OCH3 is 1. The Morgan fingerprint density at radius 2 is 1.88 bits per heavy atom. The van der Waals surface area contributed by atoms with Crippen LogP contribution < -0.4 is 10.2 Å². The van der Waals surface area contributed by atoms with Crippen molar-refractivity contribution in [3.05, 3.63) is 51.7 Å². The second-order valence-corrected chi connectivity index (χ2v) is 6.74. The molecule has 6 nitrogen and oxygen atoms in total. The highest BCUT2D eigenvalue weighted by molar-refractivity contribution is 7.15. The Morgan fingerprint density at radius 3 is 2.52 bits per heavy atom. The number of ether oxygens (including phenoxy) is 1. The minimum Gasteiger partial charge on any atom is -0.465 e. The van der Waals surface area contributed by atoms with E-state index in [4.69, 9.17) is 0 Å². The van der Waals surface area contributed by atoms with Gasteiger partial charge in [0, 0.05) is 25.2 Å². The number of carbonyl (C=O) groups is 3. The van der Waals surface area contributed by atoms with Crippen molar-refractivity contribution in [2.24, 2.45) is 0 Å². The fraction of sp³-hybridized carbons (Fsp3) is 0.278. The molecule has 2 aromatic rings. The third kappa shape index (κ3) is 3.88. The summed E-state index contributed by atoms with van der Waals surface area (Å²) < 4.78 is 4.63. The molecule has 1 fully saturated rings. The molecule has 2 amide bonds. The molecule has 1 aromatic heterocycles. The molecule has 1 aliphatic heterocycles. The van der Waals surface area contributed by atoms with Crippen molar-refractivity contribution in [2.75, 3.05) is 18.6 Å². The summed E-state index contributed by atoms with van der Waals surface area (Å²) in [6.45, 7) is 1.13. The van der Waals surface area contributed by atoms with Gasteiger partial charge in [-0.05, 0) is 36.2 Å². The summed E-state index contributed by atoms with van der Waals surface area (Å²) in [7, 11) is 1.31. The van der Waals surface area contributed by atoms with Crippen molar-refractivity contribution in [1.82, 2.24) is 5.32 Å². The maximum absolute atomic E-state index is 12.2. The van der Waals surface area contributed by atoms with Gasteiger partial charge in [-0.3, -0.25) is 9.59 Å². The molecule has 2 heterocycles. The highest BCUT2D eigenvalue weighted by atomic mass is 32.1. The molecule has 0 aliphatic carbocycles. The van der Waals surface area contributed by atoms with Gasteiger partial charge in [0.1, 0.15) is 4.88 Å². The maximum atomic E-state index is 12.2. The third-order valence-corrected chi connectivity index (χ3v) is 5.05. The molecule has 130 valence electrons. The smallest absolute Gasteiger partial charge is 0.348 e. The quantitative estimate of drug-likeness (QED) is 0.834. The van der Waals surface area contributed by atoms with Crippen LogP contribution in [0, 0.1) is 0 Å². The first-order valence-corrected chi connectivity index (χ1v) is 8.76. The minimum atomic E-state index is -0.448. The number of hydrogen-bond acceptors (Lipinski definition) is 5. The van der Waals surface area contributed by atoms with Crippen molar-refractivity contribution in [3.8, 4) is 0 Å². The van der Waals surface area contributed by atoms with Gasteiger partial charge in [0.2, 0.25) is 5.91 Å². The van der Waals surface area contributed by atoms with Crippen LogP contribution in [0.4, 0.5) is 5.69 Å². The molecular formula is C18H18N2O4S. The third-order valence-electron chi connectivity index (χ3n) is 3.99. The van der Waals surface area contributed by atoms with Crippen LogP contribution in [-0.4, -0.2) is 31.4 Å². The zero-order valence-corrected chi connectivity index (χ0v) is 14.6. The van der Waals surface area contributed by atoms with E-state index in [0.29, 0.717) is 22.7 Å². The van der Waals surface area contributed by atoms with Crippen LogP contribution in [0.3, 0.4) is 0 Å². The first kappa shape index (κ1) is 17.2. The normalized spacial score (nSPS) is 13.8. The van der Waals surface area contributed by atoms with Crippen LogP contribution in [0.2, 0.25) is 0 Å². The Hall–Kier alpha value is -2.67. The van der Waals surface area contributed by atoms with Gasteiger partial charge in [-0.2, -0.15) is 0 Å². The molecule has 1 aromatic carbocycles. The van der Waals surface area contributed by atoms with Crippen molar-refractivity contribution in [2.45, 2.75) is 19.4 Å². The van der Waals surface area contributed by atoms with Crippen LogP contribution in [-0.2, 0) is 16.1 Å². The van der Waals surface area contributed by atoms with Crippen LogP contribution in [0.1, 0.15) is 37.7 Å². The summed E-state index contributed by atoms with van der Waals surface area (Å²) in [5.41, 5.74) is 1.83. The number of esters is 1. The van der Waals surface area contributed by atoms with Crippen LogP contribution >= 0.6 is 11.3 Å². The van der Waals surface area contributed by atoms with Gasteiger partial charge in [0.15, 0.2) is 0 Å². The molecule has 0 radical (unpaired) electrons. The lowest BCUT2D eigenvalue weighted by molar-refractivity contribution is -0.117. The van der Waals surface area contributed by atoms with Gasteiger partial charge in [-0.1, -0.05) is 12.1 Å². The molecular weight excluding hydrogens is 340 g/mol. The predicted octanol–water partition coefficient (Wildman–Crippen LogP) is 2.59. The lowest BCUT2D eigenvalue weighted by atomic mass is 10.2. The number of hydrogen-bond donors (Lipinski definition) is 1. The number of nitrogens with one attached hydrogen (secondary N) is 1. The molecule has 0 spiro atoms. The maximum Gasteiger partial charge on any atom is 0.348 e. The zero-order chi connectivity index (χ0) is 17.8. The molecule has 0 saturated carbocycles. The van der Waals surface area contributed by atoms with E-state index in [0.717, 1.165) is 35.6 Å². The van der Waals surface area contributed by atoms with Crippen molar-refractivity contribution in [3.63, 3.8) is 0 Å². The highest BCUT2D eigenvalue weighted by Gasteiger charge is 2.21. The molecule has 0 atom stereocenters. The SMILES string of the molecule is COC(=O)c1ccc(C(=O)NCc2ccc(N3CCCC3=O)cc2)s1. The lowest BCUT2D eigenvalue weighted by Crippen LogP contribution is -2.24. The van der Waals surface area contributed by atoms with E-state index in [1.54, 1.807) is 17.0 Å². The molecule has 3 rings (SSSR count). The van der Waals surface area contributed by atoms with Gasteiger partial charge in [0.25, 0.3) is 5.91 Å². The van der Waals surface area contributed by atoms with Crippen LogP contribution in [0.15, 0.2) is 36.4 Å². The summed E-state index contributed by atoms with van der Waals surface area (Å²) in [6.07, 6.45) is 1.50. The number of thiophene rings is 1. The molecule has 0 unspecified atom stereocenters. The van der Waals surface area contributed by atoms with Gasteiger partial charge >= 0.3 is 5.97 Å². The summed E-state index contributed by atoms with van der Waals surface area (Å²) in [6, 6.07) is 10.8. The van der Waals surface area contributed by atoms with E-state index in [1.807, 2.05) is 24.3 Å². The first-order chi connectivity index (χ1) is 12.1. The molecule has 0 bridgehead atoms. The fourth-order valence-corrected chi connectivity index (χ4v) is 3.50. The monoisotopic (exact) mass is 358 g/mol. The second kappa shape index (κ2) is 7.48. The fourth-order valence-electron chi connectivity index (χ4n) is 2.65.